The molecule has 206 valence electrons. The number of fused-ring (bicyclic) bond motifs is 1. The molecule has 41 heavy (non-hydrogen) atoms. The van der Waals surface area contributed by atoms with Crippen LogP contribution in [0.1, 0.15) is 35.3 Å². The molecule has 3 heterocycles. The van der Waals surface area contributed by atoms with E-state index >= 15 is 0 Å². The first-order chi connectivity index (χ1) is 19.9. The lowest BCUT2D eigenvalue weighted by molar-refractivity contribution is 0.476. The summed E-state index contributed by atoms with van der Waals surface area (Å²) in [6.45, 7) is 1.78. The maximum atomic E-state index is 13.8. The number of hydrogen-bond donors (Lipinski definition) is 3. The molecule has 1 fully saturated rings. The number of benzene rings is 3. The van der Waals surface area contributed by atoms with Crippen molar-refractivity contribution < 1.29 is 4.39 Å². The highest BCUT2D eigenvalue weighted by molar-refractivity contribution is 6.36. The second-order valence-corrected chi connectivity index (χ2v) is 10.9. The van der Waals surface area contributed by atoms with E-state index < -0.39 is 5.82 Å². The van der Waals surface area contributed by atoms with Gasteiger partial charge in [-0.25, -0.2) is 9.07 Å². The number of nitrogens with one attached hydrogen (secondary N) is 3. The Kier molecular flexibility index (Phi) is 7.65. The second-order valence-electron chi connectivity index (χ2n) is 9.67. The summed E-state index contributed by atoms with van der Waals surface area (Å²) in [5, 5.41) is 30.4. The van der Waals surface area contributed by atoms with Crippen molar-refractivity contribution in [2.45, 2.75) is 18.5 Å². The summed E-state index contributed by atoms with van der Waals surface area (Å²) in [7, 11) is 0. The SMILES string of the molecule is N#Cc1cnc2c(Cl)cc(NC(c3ccc(Cl)cc3)c3cn(C4CCNC4)nn3)cc2c1Nc1ccc(F)c(Cl)c1. The molecule has 2 unspecified atom stereocenters. The van der Waals surface area contributed by atoms with Crippen LogP contribution in [0.3, 0.4) is 0 Å². The van der Waals surface area contributed by atoms with Crippen LogP contribution in [0.2, 0.25) is 15.1 Å². The van der Waals surface area contributed by atoms with Crippen LogP contribution in [0.15, 0.2) is 67.0 Å². The summed E-state index contributed by atoms with van der Waals surface area (Å²) < 4.78 is 15.7. The molecule has 1 aliphatic rings. The monoisotopic (exact) mass is 606 g/mol. The minimum absolute atomic E-state index is 0.0421. The lowest BCUT2D eigenvalue weighted by Crippen LogP contribution is -2.14. The molecule has 0 spiro atoms. The largest absolute Gasteiger partial charge is 0.373 e. The summed E-state index contributed by atoms with van der Waals surface area (Å²) >= 11 is 18.9. The first-order valence-electron chi connectivity index (χ1n) is 12.8. The average Bonchev–Trinajstić information content (AvgIpc) is 3.67. The van der Waals surface area contributed by atoms with Crippen molar-refractivity contribution in [1.82, 2.24) is 25.3 Å². The summed E-state index contributed by atoms with van der Waals surface area (Å²) in [6, 6.07) is 17.4. The van der Waals surface area contributed by atoms with Crippen LogP contribution in [0.5, 0.6) is 0 Å². The predicted molar refractivity (Wildman–Crippen MR) is 160 cm³/mol. The molecule has 12 heteroatoms. The van der Waals surface area contributed by atoms with Gasteiger partial charge in [-0.1, -0.05) is 52.1 Å². The second kappa shape index (κ2) is 11.5. The molecule has 2 aromatic heterocycles. The van der Waals surface area contributed by atoms with Crippen molar-refractivity contribution in [1.29, 1.82) is 5.26 Å². The van der Waals surface area contributed by atoms with Crippen LogP contribution in [-0.2, 0) is 0 Å². The van der Waals surface area contributed by atoms with Crippen molar-refractivity contribution in [3.63, 3.8) is 0 Å². The summed E-state index contributed by atoms with van der Waals surface area (Å²) in [4.78, 5) is 4.42. The topological polar surface area (TPSA) is 103 Å². The molecule has 8 nitrogen and oxygen atoms in total. The van der Waals surface area contributed by atoms with Gasteiger partial charge in [0.25, 0.3) is 0 Å². The highest BCUT2D eigenvalue weighted by Crippen LogP contribution is 2.37. The number of pyridine rings is 1. The van der Waals surface area contributed by atoms with E-state index in [-0.39, 0.29) is 22.7 Å². The number of halogens is 4. The van der Waals surface area contributed by atoms with Gasteiger partial charge in [0, 0.05) is 34.5 Å². The van der Waals surface area contributed by atoms with Gasteiger partial charge in [-0.3, -0.25) is 4.98 Å². The first kappa shape index (κ1) is 27.2. The third-order valence-corrected chi connectivity index (χ3v) is 7.81. The summed E-state index contributed by atoms with van der Waals surface area (Å²) in [6.07, 6.45) is 4.38. The van der Waals surface area contributed by atoms with E-state index in [9.17, 15) is 9.65 Å². The first-order valence-corrected chi connectivity index (χ1v) is 13.9. The van der Waals surface area contributed by atoms with Gasteiger partial charge in [-0.05, 0) is 61.0 Å². The molecule has 1 aliphatic heterocycles. The molecule has 0 aliphatic carbocycles. The highest BCUT2D eigenvalue weighted by Gasteiger charge is 2.23. The average molecular weight is 608 g/mol. The number of hydrogen-bond acceptors (Lipinski definition) is 7. The van der Waals surface area contributed by atoms with Gasteiger partial charge in [-0.2, -0.15) is 5.26 Å². The van der Waals surface area contributed by atoms with Crippen LogP contribution in [0.4, 0.5) is 21.5 Å². The van der Waals surface area contributed by atoms with E-state index in [0.717, 1.165) is 30.8 Å². The maximum Gasteiger partial charge on any atom is 0.141 e. The maximum absolute atomic E-state index is 13.8. The van der Waals surface area contributed by atoms with E-state index in [0.29, 0.717) is 38.0 Å². The Balaban J connectivity index is 1.42. The van der Waals surface area contributed by atoms with Crippen LogP contribution in [0.25, 0.3) is 10.9 Å². The van der Waals surface area contributed by atoms with Gasteiger partial charge in [0.05, 0.1) is 45.1 Å². The van der Waals surface area contributed by atoms with Gasteiger partial charge in [0.15, 0.2) is 0 Å². The number of rotatable bonds is 7. The fraction of sp³-hybridized carbons (Fsp3) is 0.172. The predicted octanol–water partition coefficient (Wildman–Crippen LogP) is 7.28. The Bertz CT molecular complexity index is 1780. The zero-order valence-corrected chi connectivity index (χ0v) is 23.6. The number of nitriles is 1. The zero-order valence-electron chi connectivity index (χ0n) is 21.4. The molecular formula is C29H22Cl3FN8. The fourth-order valence-corrected chi connectivity index (χ4v) is 5.47. The quantitative estimate of drug-likeness (QED) is 0.179. The minimum atomic E-state index is -0.541. The molecule has 3 aromatic carbocycles. The molecule has 6 rings (SSSR count). The molecule has 3 N–H and O–H groups in total. The fourth-order valence-electron chi connectivity index (χ4n) is 4.90. The van der Waals surface area contributed by atoms with E-state index in [4.69, 9.17) is 34.8 Å². The smallest absolute Gasteiger partial charge is 0.141 e. The number of anilines is 3. The van der Waals surface area contributed by atoms with Gasteiger partial charge in [0.1, 0.15) is 17.6 Å². The Morgan fingerprint density at radius 1 is 1.05 bits per heavy atom. The Morgan fingerprint density at radius 2 is 1.85 bits per heavy atom. The van der Waals surface area contributed by atoms with Crippen LogP contribution in [-0.4, -0.2) is 33.1 Å². The van der Waals surface area contributed by atoms with E-state index in [1.807, 2.05) is 41.2 Å². The zero-order chi connectivity index (χ0) is 28.5. The van der Waals surface area contributed by atoms with Crippen molar-refractivity contribution in [2.75, 3.05) is 23.7 Å². The highest BCUT2D eigenvalue weighted by atomic mass is 35.5. The van der Waals surface area contributed by atoms with Gasteiger partial charge >= 0.3 is 0 Å². The van der Waals surface area contributed by atoms with Crippen molar-refractivity contribution in [3.8, 4) is 6.07 Å². The number of aromatic nitrogens is 4. The lowest BCUT2D eigenvalue weighted by atomic mass is 10.0. The molecule has 1 saturated heterocycles. The van der Waals surface area contributed by atoms with E-state index in [1.54, 1.807) is 6.07 Å². The standard InChI is InChI=1S/C29H22Cl3FN8/c30-18-3-1-16(2-4-18)28(26-15-41(40-39-26)21-7-8-35-14-21)38-20-9-22-27(37-19-5-6-25(33)23(31)10-19)17(12-34)13-36-29(22)24(32)11-20/h1-6,9-11,13,15,21,28,35,38H,7-8,14H2,(H,36,37). The van der Waals surface area contributed by atoms with Crippen molar-refractivity contribution in [2.24, 2.45) is 0 Å². The van der Waals surface area contributed by atoms with Crippen molar-refractivity contribution >= 4 is 62.8 Å². The molecule has 0 radical (unpaired) electrons. The van der Waals surface area contributed by atoms with Gasteiger partial charge in [-0.15, -0.1) is 5.10 Å². The summed E-state index contributed by atoms with van der Waals surface area (Å²) in [5.74, 6) is -0.541. The van der Waals surface area contributed by atoms with Crippen LogP contribution in [0, 0.1) is 17.1 Å². The minimum Gasteiger partial charge on any atom is -0.373 e. The van der Waals surface area contributed by atoms with E-state index in [1.165, 1.54) is 24.4 Å². The normalized spacial score (nSPS) is 15.5. The molecule has 0 bridgehead atoms. The third-order valence-electron chi connectivity index (χ3n) is 6.98. The number of nitrogens with zero attached hydrogens (tertiary/aromatic N) is 5. The molecule has 2 atom stereocenters. The van der Waals surface area contributed by atoms with Gasteiger partial charge in [0.2, 0.25) is 0 Å². The Labute approximate surface area is 250 Å². The molecular weight excluding hydrogens is 586 g/mol. The summed E-state index contributed by atoms with van der Waals surface area (Å²) in [5.41, 5.74) is 4.06. The van der Waals surface area contributed by atoms with Crippen LogP contribution < -0.4 is 16.0 Å². The molecule has 5 aromatic rings. The Hall–Kier alpha value is -3.94. The van der Waals surface area contributed by atoms with Crippen molar-refractivity contribution in [3.05, 3.63) is 105 Å². The van der Waals surface area contributed by atoms with E-state index in [2.05, 4.69) is 37.3 Å². The van der Waals surface area contributed by atoms with Gasteiger partial charge < -0.3 is 16.0 Å². The van der Waals surface area contributed by atoms with Crippen LogP contribution >= 0.6 is 34.8 Å². The Morgan fingerprint density at radius 3 is 2.59 bits per heavy atom. The molecule has 0 amide bonds. The molecule has 0 saturated carbocycles. The third kappa shape index (κ3) is 5.65. The lowest BCUT2D eigenvalue weighted by Gasteiger charge is -2.20.